The lowest BCUT2D eigenvalue weighted by atomic mass is 10.1. The fourth-order valence-corrected chi connectivity index (χ4v) is 1.30. The Morgan fingerprint density at radius 3 is 2.56 bits per heavy atom. The van der Waals surface area contributed by atoms with Crippen LogP contribution in [0, 0.1) is 0 Å². The molecule has 0 radical (unpaired) electrons. The largest absolute Gasteiger partial charge is 0.586 e. The minimum absolute atomic E-state index is 0. The molecular formula is C9H10ClF2NO3. The van der Waals surface area contributed by atoms with E-state index in [0.717, 1.165) is 0 Å². The van der Waals surface area contributed by atoms with Crippen molar-refractivity contribution < 1.29 is 23.4 Å². The lowest BCUT2D eigenvalue weighted by Gasteiger charge is -2.08. The van der Waals surface area contributed by atoms with Gasteiger partial charge in [-0.25, -0.2) is 0 Å². The third-order valence-electron chi connectivity index (χ3n) is 2.05. The van der Waals surface area contributed by atoms with Gasteiger partial charge in [-0.3, -0.25) is 0 Å². The molecule has 2 rings (SSSR count). The van der Waals surface area contributed by atoms with Crippen molar-refractivity contribution in [1.82, 2.24) is 0 Å². The van der Waals surface area contributed by atoms with E-state index in [1.165, 1.54) is 18.2 Å². The minimum atomic E-state index is -3.62. The zero-order valence-electron chi connectivity index (χ0n) is 8.02. The van der Waals surface area contributed by atoms with Crippen LogP contribution in [0.15, 0.2) is 18.2 Å². The normalized spacial score (nSPS) is 17.8. The second-order valence-corrected chi connectivity index (χ2v) is 3.16. The minimum Gasteiger partial charge on any atom is -0.395 e. The molecule has 7 heteroatoms. The number of alkyl halides is 2. The van der Waals surface area contributed by atoms with Crippen LogP contribution >= 0.6 is 12.4 Å². The van der Waals surface area contributed by atoms with Crippen molar-refractivity contribution in [3.63, 3.8) is 0 Å². The first kappa shape index (κ1) is 13.0. The van der Waals surface area contributed by atoms with E-state index in [9.17, 15) is 8.78 Å². The average molecular weight is 254 g/mol. The van der Waals surface area contributed by atoms with Gasteiger partial charge in [0.25, 0.3) is 0 Å². The summed E-state index contributed by atoms with van der Waals surface area (Å²) in [5.74, 6) is -0.102. The second-order valence-electron chi connectivity index (χ2n) is 3.16. The van der Waals surface area contributed by atoms with E-state index in [2.05, 4.69) is 9.47 Å². The third-order valence-corrected chi connectivity index (χ3v) is 2.05. The molecule has 1 aliphatic rings. The number of aliphatic hydroxyl groups is 1. The summed E-state index contributed by atoms with van der Waals surface area (Å²) in [5.41, 5.74) is 6.03. The number of halogens is 3. The predicted molar refractivity (Wildman–Crippen MR) is 53.9 cm³/mol. The molecule has 90 valence electrons. The molecule has 1 aromatic rings. The van der Waals surface area contributed by atoms with Gasteiger partial charge in [0, 0.05) is 0 Å². The maximum atomic E-state index is 12.6. The Labute approximate surface area is 96.4 Å². The number of ether oxygens (including phenoxy) is 2. The number of aliphatic hydroxyl groups excluding tert-OH is 1. The molecule has 0 fully saturated rings. The summed E-state index contributed by atoms with van der Waals surface area (Å²) in [6.45, 7) is -0.268. The molecule has 0 aliphatic carbocycles. The van der Waals surface area contributed by atoms with Crippen molar-refractivity contribution >= 4 is 12.4 Å². The van der Waals surface area contributed by atoms with Crippen molar-refractivity contribution in [1.29, 1.82) is 0 Å². The Hall–Kier alpha value is -1.11. The van der Waals surface area contributed by atoms with Gasteiger partial charge in [0.2, 0.25) is 0 Å². The quantitative estimate of drug-likeness (QED) is 0.837. The maximum absolute atomic E-state index is 12.6. The van der Waals surface area contributed by atoms with E-state index >= 15 is 0 Å². The lowest BCUT2D eigenvalue weighted by molar-refractivity contribution is -0.286. The second kappa shape index (κ2) is 4.40. The average Bonchev–Trinajstić information content (AvgIpc) is 2.49. The standard InChI is InChI=1S/C9H9F2NO3.ClH/c10-9(11)14-7-2-1-5(6(12)4-13)3-8(7)15-9;/h1-3,6,13H,4,12H2;1H/t6-;/m0./s1. The van der Waals surface area contributed by atoms with Crippen LogP contribution in [-0.4, -0.2) is 18.0 Å². The molecule has 0 unspecified atom stereocenters. The van der Waals surface area contributed by atoms with E-state index in [-0.39, 0.29) is 30.5 Å². The van der Waals surface area contributed by atoms with Gasteiger partial charge in [0.15, 0.2) is 11.5 Å². The van der Waals surface area contributed by atoms with Crippen LogP contribution in [-0.2, 0) is 0 Å². The molecule has 3 N–H and O–H groups in total. The van der Waals surface area contributed by atoms with Crippen LogP contribution in [0.4, 0.5) is 8.78 Å². The van der Waals surface area contributed by atoms with Crippen LogP contribution in [0.25, 0.3) is 0 Å². The predicted octanol–water partition coefficient (Wildman–Crippen LogP) is 1.42. The monoisotopic (exact) mass is 253 g/mol. The molecule has 0 saturated heterocycles. The maximum Gasteiger partial charge on any atom is 0.586 e. The van der Waals surface area contributed by atoms with E-state index in [4.69, 9.17) is 10.8 Å². The van der Waals surface area contributed by atoms with Gasteiger partial charge >= 0.3 is 6.29 Å². The Bertz CT molecular complexity index is 389. The highest BCUT2D eigenvalue weighted by Crippen LogP contribution is 2.41. The first-order valence-electron chi connectivity index (χ1n) is 4.28. The van der Waals surface area contributed by atoms with Crippen molar-refractivity contribution in [2.45, 2.75) is 12.3 Å². The fraction of sp³-hybridized carbons (Fsp3) is 0.333. The summed E-state index contributed by atoms with van der Waals surface area (Å²) in [6, 6.07) is 3.55. The summed E-state index contributed by atoms with van der Waals surface area (Å²) in [4.78, 5) is 0. The van der Waals surface area contributed by atoms with Gasteiger partial charge in [-0.15, -0.1) is 21.2 Å². The number of hydrogen-bond acceptors (Lipinski definition) is 4. The highest BCUT2D eigenvalue weighted by molar-refractivity contribution is 5.85. The fourth-order valence-electron chi connectivity index (χ4n) is 1.30. The summed E-state index contributed by atoms with van der Waals surface area (Å²) < 4.78 is 33.7. The number of benzene rings is 1. The number of nitrogens with two attached hydrogens (primary N) is 1. The first-order valence-corrected chi connectivity index (χ1v) is 4.28. The molecule has 0 aromatic heterocycles. The lowest BCUT2D eigenvalue weighted by Crippen LogP contribution is -2.25. The van der Waals surface area contributed by atoms with Crippen LogP contribution < -0.4 is 15.2 Å². The molecule has 1 atom stereocenters. The molecule has 1 heterocycles. The first-order chi connectivity index (χ1) is 7.02. The van der Waals surface area contributed by atoms with Gasteiger partial charge < -0.3 is 20.3 Å². The molecule has 1 aliphatic heterocycles. The molecule has 1 aromatic carbocycles. The highest BCUT2D eigenvalue weighted by atomic mass is 35.5. The Morgan fingerprint density at radius 1 is 1.31 bits per heavy atom. The van der Waals surface area contributed by atoms with E-state index in [1.54, 1.807) is 0 Å². The molecule has 4 nitrogen and oxygen atoms in total. The summed E-state index contributed by atoms with van der Waals surface area (Å²) >= 11 is 0. The van der Waals surface area contributed by atoms with Crippen molar-refractivity contribution in [3.05, 3.63) is 23.8 Å². The zero-order valence-corrected chi connectivity index (χ0v) is 8.84. The van der Waals surface area contributed by atoms with Gasteiger partial charge in [0.05, 0.1) is 12.6 Å². The van der Waals surface area contributed by atoms with Crippen LogP contribution in [0.5, 0.6) is 11.5 Å². The van der Waals surface area contributed by atoms with E-state index in [0.29, 0.717) is 5.56 Å². The van der Waals surface area contributed by atoms with Crippen molar-refractivity contribution in [2.75, 3.05) is 6.61 Å². The number of hydrogen-bond donors (Lipinski definition) is 2. The Morgan fingerprint density at radius 2 is 1.94 bits per heavy atom. The molecule has 0 saturated carbocycles. The highest BCUT2D eigenvalue weighted by Gasteiger charge is 2.43. The SMILES string of the molecule is Cl.N[C@@H](CO)c1ccc2c(c1)OC(F)(F)O2. The molecular weight excluding hydrogens is 244 g/mol. The van der Waals surface area contributed by atoms with E-state index < -0.39 is 12.3 Å². The topological polar surface area (TPSA) is 64.7 Å². The third kappa shape index (κ3) is 2.34. The molecule has 16 heavy (non-hydrogen) atoms. The Kier molecular flexibility index (Phi) is 3.57. The van der Waals surface area contributed by atoms with Crippen LogP contribution in [0.3, 0.4) is 0 Å². The van der Waals surface area contributed by atoms with Gasteiger partial charge in [-0.1, -0.05) is 6.07 Å². The zero-order chi connectivity index (χ0) is 11.1. The van der Waals surface area contributed by atoms with Crippen LogP contribution in [0.2, 0.25) is 0 Å². The molecule has 0 bridgehead atoms. The van der Waals surface area contributed by atoms with Gasteiger partial charge in [-0.05, 0) is 17.7 Å². The van der Waals surface area contributed by atoms with Gasteiger partial charge in [-0.2, -0.15) is 0 Å². The number of rotatable bonds is 2. The number of fused-ring (bicyclic) bond motifs is 1. The summed E-state index contributed by atoms with van der Waals surface area (Å²) in [7, 11) is 0. The summed E-state index contributed by atoms with van der Waals surface area (Å²) in [6.07, 6.45) is -3.62. The van der Waals surface area contributed by atoms with Crippen LogP contribution in [0.1, 0.15) is 11.6 Å². The van der Waals surface area contributed by atoms with Gasteiger partial charge in [0.1, 0.15) is 0 Å². The van der Waals surface area contributed by atoms with Crippen molar-refractivity contribution in [2.24, 2.45) is 5.73 Å². The summed E-state index contributed by atoms with van der Waals surface area (Å²) in [5, 5.41) is 8.79. The van der Waals surface area contributed by atoms with Crippen molar-refractivity contribution in [3.8, 4) is 11.5 Å². The van der Waals surface area contributed by atoms with E-state index in [1.807, 2.05) is 0 Å². The Balaban J connectivity index is 0.00000128. The molecule has 0 spiro atoms. The smallest absolute Gasteiger partial charge is 0.395 e. The molecule has 0 amide bonds.